The number of hydrogen-bond donors (Lipinski definition) is 1. The molecular formula is C18H21F3N2O4. The largest absolute Gasteiger partial charge is 0.484 e. The first-order valence-corrected chi connectivity index (χ1v) is 8.72. The van der Waals surface area contributed by atoms with Crippen LogP contribution in [0.4, 0.5) is 13.2 Å². The molecule has 1 aliphatic heterocycles. The number of ether oxygens (including phenoxy) is 2. The molecule has 1 aromatic rings. The second-order valence-electron chi connectivity index (χ2n) is 7.23. The number of hydrogen-bond acceptors (Lipinski definition) is 5. The minimum absolute atomic E-state index is 0.0366. The van der Waals surface area contributed by atoms with Crippen molar-refractivity contribution in [3.8, 4) is 5.75 Å². The summed E-state index contributed by atoms with van der Waals surface area (Å²) in [5, 5.41) is 2.52. The van der Waals surface area contributed by atoms with Crippen LogP contribution in [0.5, 0.6) is 5.75 Å². The van der Waals surface area contributed by atoms with Gasteiger partial charge in [-0.25, -0.2) is 0 Å². The Morgan fingerprint density at radius 2 is 2.04 bits per heavy atom. The van der Waals surface area contributed by atoms with Crippen LogP contribution in [0, 0.1) is 5.41 Å². The highest BCUT2D eigenvalue weighted by atomic mass is 19.4. The van der Waals surface area contributed by atoms with E-state index in [1.54, 1.807) is 0 Å². The monoisotopic (exact) mass is 386 g/mol. The van der Waals surface area contributed by atoms with E-state index in [0.29, 0.717) is 5.56 Å². The van der Waals surface area contributed by atoms with Crippen LogP contribution in [0.3, 0.4) is 0 Å². The second-order valence-corrected chi connectivity index (χ2v) is 7.23. The first-order chi connectivity index (χ1) is 12.7. The lowest BCUT2D eigenvalue weighted by Crippen LogP contribution is -2.47. The van der Waals surface area contributed by atoms with Gasteiger partial charge in [-0.2, -0.15) is 13.2 Å². The van der Waals surface area contributed by atoms with E-state index < -0.39 is 18.2 Å². The third-order valence-corrected chi connectivity index (χ3v) is 4.76. The van der Waals surface area contributed by atoms with Gasteiger partial charge in [0.15, 0.2) is 12.4 Å². The Morgan fingerprint density at radius 1 is 1.33 bits per heavy atom. The van der Waals surface area contributed by atoms with Crippen LogP contribution in [0.25, 0.3) is 0 Å². The van der Waals surface area contributed by atoms with Crippen LogP contribution in [0.1, 0.15) is 47.7 Å². The Labute approximate surface area is 154 Å². The van der Waals surface area contributed by atoms with Crippen LogP contribution in [0.2, 0.25) is 0 Å². The Balaban J connectivity index is 1.75. The number of halogens is 3. The second kappa shape index (κ2) is 7.46. The van der Waals surface area contributed by atoms with Crippen LogP contribution in [-0.4, -0.2) is 49.7 Å². The summed E-state index contributed by atoms with van der Waals surface area (Å²) >= 11 is 0. The molecule has 6 nitrogen and oxygen atoms in total. The van der Waals surface area contributed by atoms with E-state index in [9.17, 15) is 22.8 Å². The standard InChI is InChI=1S/C18H21F3N2O4/c1-22-16(25)6-17(8-26-9-17)5-14(24)13-4-15(27-10-18(19,20)21)12(7-23-13)11-2-3-11/h4,7,11H,2-3,5-6,8-10H2,1H3,(H,22,25). The highest BCUT2D eigenvalue weighted by Crippen LogP contribution is 2.44. The Kier molecular flexibility index (Phi) is 5.41. The number of ketones is 1. The molecule has 9 heteroatoms. The predicted octanol–water partition coefficient (Wildman–Crippen LogP) is 2.63. The molecule has 0 bridgehead atoms. The molecule has 2 fully saturated rings. The zero-order valence-corrected chi connectivity index (χ0v) is 14.9. The SMILES string of the molecule is CNC(=O)CC1(CC(=O)c2cc(OCC(F)(F)F)c(C3CC3)cn2)COC1. The molecule has 1 N–H and O–H groups in total. The number of carbonyl (C=O) groups is 2. The highest BCUT2D eigenvalue weighted by molar-refractivity contribution is 5.95. The van der Waals surface area contributed by atoms with Crippen molar-refractivity contribution in [2.75, 3.05) is 26.9 Å². The summed E-state index contributed by atoms with van der Waals surface area (Å²) in [6.45, 7) is -0.855. The number of rotatable bonds is 8. The number of amides is 1. The Bertz CT molecular complexity index is 728. The van der Waals surface area contributed by atoms with E-state index in [-0.39, 0.29) is 55.1 Å². The fourth-order valence-corrected chi connectivity index (χ4v) is 3.10. The smallest absolute Gasteiger partial charge is 0.422 e. The summed E-state index contributed by atoms with van der Waals surface area (Å²) in [6, 6.07) is 1.29. The van der Waals surface area contributed by atoms with Crippen molar-refractivity contribution in [1.82, 2.24) is 10.3 Å². The van der Waals surface area contributed by atoms with Gasteiger partial charge in [0.05, 0.1) is 13.2 Å². The highest BCUT2D eigenvalue weighted by Gasteiger charge is 2.42. The summed E-state index contributed by atoms with van der Waals surface area (Å²) in [6.07, 6.45) is -1.12. The average molecular weight is 386 g/mol. The van der Waals surface area contributed by atoms with Gasteiger partial charge in [-0.1, -0.05) is 0 Å². The van der Waals surface area contributed by atoms with Gasteiger partial charge in [-0.3, -0.25) is 14.6 Å². The summed E-state index contributed by atoms with van der Waals surface area (Å²) in [5.74, 6) is -0.360. The van der Waals surface area contributed by atoms with Gasteiger partial charge < -0.3 is 14.8 Å². The molecule has 1 aromatic heterocycles. The fourth-order valence-electron chi connectivity index (χ4n) is 3.10. The maximum Gasteiger partial charge on any atom is 0.422 e. The lowest BCUT2D eigenvalue weighted by molar-refractivity contribution is -0.153. The van der Waals surface area contributed by atoms with E-state index in [4.69, 9.17) is 9.47 Å². The summed E-state index contributed by atoms with van der Waals surface area (Å²) in [4.78, 5) is 28.5. The predicted molar refractivity (Wildman–Crippen MR) is 88.6 cm³/mol. The normalized spacial score (nSPS) is 18.5. The first-order valence-electron chi connectivity index (χ1n) is 8.72. The minimum atomic E-state index is -4.46. The van der Waals surface area contributed by atoms with Crippen LogP contribution in [0.15, 0.2) is 12.3 Å². The maximum atomic E-state index is 12.6. The van der Waals surface area contributed by atoms with Gasteiger partial charge >= 0.3 is 6.18 Å². The van der Waals surface area contributed by atoms with E-state index in [2.05, 4.69) is 10.3 Å². The number of alkyl halides is 3. The van der Waals surface area contributed by atoms with Crippen LogP contribution in [-0.2, 0) is 9.53 Å². The number of aromatic nitrogens is 1. The number of Topliss-reactive ketones (excluding diaryl/α,β-unsaturated/α-hetero) is 1. The van der Waals surface area contributed by atoms with E-state index in [1.807, 2.05) is 0 Å². The van der Waals surface area contributed by atoms with Gasteiger partial charge in [0.2, 0.25) is 5.91 Å². The number of nitrogens with zero attached hydrogens (tertiary/aromatic N) is 1. The van der Waals surface area contributed by atoms with Gasteiger partial charge in [0.25, 0.3) is 0 Å². The molecular weight excluding hydrogens is 365 g/mol. The minimum Gasteiger partial charge on any atom is -0.484 e. The fraction of sp³-hybridized carbons (Fsp3) is 0.611. The van der Waals surface area contributed by atoms with Gasteiger partial charge in [0, 0.05) is 43.1 Å². The molecule has 0 unspecified atom stereocenters. The van der Waals surface area contributed by atoms with Crippen molar-refractivity contribution in [2.24, 2.45) is 5.41 Å². The van der Waals surface area contributed by atoms with Crippen LogP contribution >= 0.6 is 0 Å². The molecule has 0 aromatic carbocycles. The molecule has 1 aliphatic carbocycles. The molecule has 1 saturated heterocycles. The van der Waals surface area contributed by atoms with Crippen molar-refractivity contribution in [3.63, 3.8) is 0 Å². The molecule has 1 saturated carbocycles. The molecule has 1 amide bonds. The molecule has 3 rings (SSSR count). The van der Waals surface area contributed by atoms with Crippen molar-refractivity contribution in [3.05, 3.63) is 23.5 Å². The molecule has 0 radical (unpaired) electrons. The molecule has 0 atom stereocenters. The molecule has 2 heterocycles. The van der Waals surface area contributed by atoms with E-state index in [0.717, 1.165) is 12.8 Å². The maximum absolute atomic E-state index is 12.6. The third-order valence-electron chi connectivity index (χ3n) is 4.76. The van der Waals surface area contributed by atoms with Gasteiger partial charge in [0.1, 0.15) is 11.4 Å². The summed E-state index contributed by atoms with van der Waals surface area (Å²) in [7, 11) is 1.51. The summed E-state index contributed by atoms with van der Waals surface area (Å²) < 4.78 is 47.7. The van der Waals surface area contributed by atoms with Crippen molar-refractivity contribution in [2.45, 2.75) is 37.8 Å². The Morgan fingerprint density at radius 3 is 2.56 bits per heavy atom. The zero-order valence-electron chi connectivity index (χ0n) is 14.9. The lowest BCUT2D eigenvalue weighted by Gasteiger charge is -2.40. The zero-order chi connectivity index (χ0) is 19.7. The number of nitrogens with one attached hydrogen (secondary N) is 1. The summed E-state index contributed by atoms with van der Waals surface area (Å²) in [5.41, 5.74) is 0.0451. The van der Waals surface area contributed by atoms with Crippen molar-refractivity contribution >= 4 is 11.7 Å². The van der Waals surface area contributed by atoms with Crippen LogP contribution < -0.4 is 10.1 Å². The molecule has 148 valence electrons. The Hall–Kier alpha value is -2.16. The molecule has 2 aliphatic rings. The first kappa shape index (κ1) is 19.6. The van der Waals surface area contributed by atoms with E-state index in [1.165, 1.54) is 19.3 Å². The lowest BCUT2D eigenvalue weighted by atomic mass is 9.77. The van der Waals surface area contributed by atoms with Gasteiger partial charge in [-0.15, -0.1) is 0 Å². The van der Waals surface area contributed by atoms with E-state index >= 15 is 0 Å². The number of pyridine rings is 1. The van der Waals surface area contributed by atoms with Crippen molar-refractivity contribution < 1.29 is 32.2 Å². The number of carbonyl (C=O) groups excluding carboxylic acids is 2. The third kappa shape index (κ3) is 4.97. The molecule has 0 spiro atoms. The van der Waals surface area contributed by atoms with Gasteiger partial charge in [-0.05, 0) is 18.8 Å². The topological polar surface area (TPSA) is 77.5 Å². The molecule has 27 heavy (non-hydrogen) atoms. The quantitative estimate of drug-likeness (QED) is 0.695. The van der Waals surface area contributed by atoms with Crippen molar-refractivity contribution in [1.29, 1.82) is 0 Å². The average Bonchev–Trinajstić information content (AvgIpc) is 3.41.